The largest absolute Gasteiger partial charge is 0.313 e. The number of nitrogens with zero attached hydrogens (tertiary/aromatic N) is 4. The van der Waals surface area contributed by atoms with E-state index in [4.69, 9.17) is 0 Å². The van der Waals surface area contributed by atoms with Gasteiger partial charge in [0.1, 0.15) is 0 Å². The SMILES string of the molecule is C=C/C=C\C=C(/c1ccccc1)N(/C(=C/C=C)CCC#N)c1ccc2ccc3c(N(C4=CC=C(C#N)CC4)c4ccccc4C(/C=C\C)=C/C=C)ccc4ccc1c2c43. The Bertz CT molecular complexity index is 2860. The van der Waals surface area contributed by atoms with Crippen molar-refractivity contribution in [3.63, 3.8) is 0 Å². The van der Waals surface area contributed by atoms with Gasteiger partial charge in [-0.25, -0.2) is 0 Å². The maximum Gasteiger partial charge on any atom is 0.0947 e. The van der Waals surface area contributed by atoms with Gasteiger partial charge in [0.15, 0.2) is 0 Å². The highest BCUT2D eigenvalue weighted by molar-refractivity contribution is 6.28. The molecule has 0 amide bonds. The Balaban J connectivity index is 1.55. The fraction of sp³-hybridized carbons (Fsp3) is 0.0909. The topological polar surface area (TPSA) is 54.1 Å². The van der Waals surface area contributed by atoms with Crippen LogP contribution in [0.3, 0.4) is 0 Å². The summed E-state index contributed by atoms with van der Waals surface area (Å²) in [6.45, 7) is 14.1. The van der Waals surface area contributed by atoms with Gasteiger partial charge in [-0.3, -0.25) is 0 Å². The summed E-state index contributed by atoms with van der Waals surface area (Å²) in [6, 6.07) is 41.4. The zero-order valence-electron chi connectivity index (χ0n) is 33.5. The highest BCUT2D eigenvalue weighted by atomic mass is 15.2. The fourth-order valence-electron chi connectivity index (χ4n) is 8.12. The minimum absolute atomic E-state index is 0.353. The normalized spacial score (nSPS) is 13.7. The molecule has 286 valence electrons. The van der Waals surface area contributed by atoms with Crippen molar-refractivity contribution in [1.82, 2.24) is 0 Å². The van der Waals surface area contributed by atoms with Crippen LogP contribution in [0, 0.1) is 22.7 Å². The average molecular weight is 763 g/mol. The first-order chi connectivity index (χ1) is 29.1. The van der Waals surface area contributed by atoms with E-state index in [1.807, 2.05) is 61.6 Å². The molecule has 0 heterocycles. The van der Waals surface area contributed by atoms with Crippen molar-refractivity contribution in [2.75, 3.05) is 9.80 Å². The molecule has 0 N–H and O–H groups in total. The van der Waals surface area contributed by atoms with Crippen LogP contribution in [0.2, 0.25) is 0 Å². The van der Waals surface area contributed by atoms with E-state index < -0.39 is 0 Å². The quantitative estimate of drug-likeness (QED) is 0.0772. The van der Waals surface area contributed by atoms with Crippen LogP contribution < -0.4 is 9.80 Å². The van der Waals surface area contributed by atoms with Crippen molar-refractivity contribution < 1.29 is 0 Å². The Morgan fingerprint density at radius 2 is 1.36 bits per heavy atom. The summed E-state index contributed by atoms with van der Waals surface area (Å²) in [5, 5.41) is 26.4. The maximum atomic E-state index is 9.80. The molecule has 6 aromatic rings. The van der Waals surface area contributed by atoms with Crippen molar-refractivity contribution in [1.29, 1.82) is 10.5 Å². The number of hydrogen-bond donors (Lipinski definition) is 0. The number of benzene rings is 6. The van der Waals surface area contributed by atoms with Crippen LogP contribution in [-0.2, 0) is 0 Å². The molecule has 1 aliphatic rings. The molecule has 4 heteroatoms. The minimum atomic E-state index is 0.353. The Hall–Kier alpha value is -7.66. The lowest BCUT2D eigenvalue weighted by molar-refractivity contribution is 0.895. The number of hydrogen-bond acceptors (Lipinski definition) is 4. The molecule has 7 rings (SSSR count). The Labute approximate surface area is 348 Å². The second-order valence-corrected chi connectivity index (χ2v) is 14.2. The van der Waals surface area contributed by atoms with Gasteiger partial charge in [-0.05, 0) is 95.0 Å². The van der Waals surface area contributed by atoms with Crippen molar-refractivity contribution in [2.45, 2.75) is 32.6 Å². The van der Waals surface area contributed by atoms with E-state index in [0.29, 0.717) is 19.3 Å². The summed E-state index contributed by atoms with van der Waals surface area (Å²) < 4.78 is 0. The van der Waals surface area contributed by atoms with Crippen LogP contribution >= 0.6 is 0 Å². The van der Waals surface area contributed by atoms with Gasteiger partial charge in [-0.2, -0.15) is 10.5 Å². The van der Waals surface area contributed by atoms with Gasteiger partial charge >= 0.3 is 0 Å². The summed E-state index contributed by atoms with van der Waals surface area (Å²) in [4.78, 5) is 4.67. The molecule has 59 heavy (non-hydrogen) atoms. The molecule has 1 aliphatic carbocycles. The third-order valence-corrected chi connectivity index (χ3v) is 10.7. The highest BCUT2D eigenvalue weighted by Crippen LogP contribution is 2.47. The van der Waals surface area contributed by atoms with E-state index in [2.05, 4.69) is 151 Å². The smallest absolute Gasteiger partial charge is 0.0947 e. The number of nitriles is 2. The van der Waals surface area contributed by atoms with Crippen LogP contribution in [0.25, 0.3) is 43.6 Å². The molecule has 0 radical (unpaired) electrons. The molecule has 0 saturated heterocycles. The van der Waals surface area contributed by atoms with E-state index in [0.717, 1.165) is 89.8 Å². The molecule has 0 aliphatic heterocycles. The van der Waals surface area contributed by atoms with E-state index in [1.54, 1.807) is 12.2 Å². The average Bonchev–Trinajstić information content (AvgIpc) is 3.28. The summed E-state index contributed by atoms with van der Waals surface area (Å²) in [7, 11) is 0. The second kappa shape index (κ2) is 18.5. The van der Waals surface area contributed by atoms with Crippen LogP contribution in [0.5, 0.6) is 0 Å². The van der Waals surface area contributed by atoms with Crippen molar-refractivity contribution in [3.05, 3.63) is 224 Å². The van der Waals surface area contributed by atoms with E-state index >= 15 is 0 Å². The minimum Gasteiger partial charge on any atom is -0.313 e. The van der Waals surface area contributed by atoms with Crippen LogP contribution in [0.4, 0.5) is 17.1 Å². The molecule has 6 aromatic carbocycles. The van der Waals surface area contributed by atoms with Crippen molar-refractivity contribution in [3.8, 4) is 12.1 Å². The molecular formula is C55H46N4. The molecular weight excluding hydrogens is 717 g/mol. The third-order valence-electron chi connectivity index (χ3n) is 10.7. The predicted octanol–water partition coefficient (Wildman–Crippen LogP) is 15.0. The van der Waals surface area contributed by atoms with Crippen LogP contribution in [0.1, 0.15) is 43.7 Å². The van der Waals surface area contributed by atoms with E-state index in [1.165, 1.54) is 5.39 Å². The van der Waals surface area contributed by atoms with Gasteiger partial charge in [0.25, 0.3) is 0 Å². The summed E-state index contributed by atoms with van der Waals surface area (Å²) in [5.74, 6) is 0. The molecule has 0 spiro atoms. The number of anilines is 3. The molecule has 0 saturated carbocycles. The van der Waals surface area contributed by atoms with Crippen LogP contribution in [0.15, 0.2) is 213 Å². The first-order valence-electron chi connectivity index (χ1n) is 20.0. The van der Waals surface area contributed by atoms with Gasteiger partial charge < -0.3 is 9.80 Å². The van der Waals surface area contributed by atoms with Crippen LogP contribution in [-0.4, -0.2) is 0 Å². The Morgan fingerprint density at radius 1 is 0.678 bits per heavy atom. The van der Waals surface area contributed by atoms with E-state index in [-0.39, 0.29) is 0 Å². The lowest BCUT2D eigenvalue weighted by atomic mass is 9.91. The van der Waals surface area contributed by atoms with Gasteiger partial charge in [-0.15, -0.1) is 0 Å². The summed E-state index contributed by atoms with van der Waals surface area (Å²) >= 11 is 0. The predicted molar refractivity (Wildman–Crippen MR) is 252 cm³/mol. The van der Waals surface area contributed by atoms with Gasteiger partial charge in [0.2, 0.25) is 0 Å². The standard InChI is InChI=1S/C55H46N4/c1-5-9-11-24-50(42-20-12-10-13-21-42)58(45(19-8-4)22-16-38-56)52-36-30-43-29-35-49-53(37-31-44-28-34-48(52)54(43)55(44)49)59(46-32-26-40(39-57)27-33-46)51-25-15-14-23-47(51)41(17-6-2)18-7-3/h5-15,17-21,23-26,28-32,34-37H,1-2,4,16,22,27,33H2,3H3/b11-9-,18-7-,41-17+,45-19+,50-24+. The maximum absolute atomic E-state index is 9.80. The molecule has 0 atom stereocenters. The number of allylic oxidation sites excluding steroid dienone is 16. The first-order valence-corrected chi connectivity index (χ1v) is 20.0. The summed E-state index contributed by atoms with van der Waals surface area (Å²) in [6.07, 6.45) is 26.0. The first kappa shape index (κ1) is 39.6. The second-order valence-electron chi connectivity index (χ2n) is 14.2. The molecule has 4 nitrogen and oxygen atoms in total. The highest BCUT2D eigenvalue weighted by Gasteiger charge is 2.26. The van der Waals surface area contributed by atoms with Crippen molar-refractivity contribution >= 4 is 60.6 Å². The summed E-state index contributed by atoms with van der Waals surface area (Å²) in [5.41, 5.74) is 10.1. The number of rotatable bonds is 15. The monoisotopic (exact) mass is 762 g/mol. The van der Waals surface area contributed by atoms with Gasteiger partial charge in [0, 0.05) is 46.1 Å². The van der Waals surface area contributed by atoms with Gasteiger partial charge in [-0.1, -0.05) is 153 Å². The zero-order valence-corrected chi connectivity index (χ0v) is 33.5. The van der Waals surface area contributed by atoms with Gasteiger partial charge in [0.05, 0.1) is 34.9 Å². The van der Waals surface area contributed by atoms with E-state index in [9.17, 15) is 10.5 Å². The lowest BCUT2D eigenvalue weighted by Crippen LogP contribution is -2.21. The number of para-hydroxylation sites is 1. The Kier molecular flexibility index (Phi) is 12.4. The molecule has 0 bridgehead atoms. The molecule has 0 fully saturated rings. The van der Waals surface area contributed by atoms with Crippen molar-refractivity contribution in [2.24, 2.45) is 0 Å². The third kappa shape index (κ3) is 7.99. The zero-order chi connectivity index (χ0) is 41.1. The fourth-order valence-corrected chi connectivity index (χ4v) is 8.12. The lowest BCUT2D eigenvalue weighted by Gasteiger charge is -2.33. The Morgan fingerprint density at radius 3 is 2.00 bits per heavy atom. The molecule has 0 aromatic heterocycles. The molecule has 0 unspecified atom stereocenters.